The molecule has 3 heterocycles. The minimum absolute atomic E-state index is 0.190. The van der Waals surface area contributed by atoms with Crippen molar-refractivity contribution in [1.29, 1.82) is 0 Å². The maximum Gasteiger partial charge on any atom is 0.220 e. The maximum absolute atomic E-state index is 13.4. The summed E-state index contributed by atoms with van der Waals surface area (Å²) in [4.78, 5) is 13.4. The number of carbonyl (C=O) groups is 1. The van der Waals surface area contributed by atoms with Gasteiger partial charge in [-0.1, -0.05) is 204 Å². The molecule has 19 heteroatoms. The molecule has 3 saturated heterocycles. The van der Waals surface area contributed by atoms with Crippen molar-refractivity contribution in [2.24, 2.45) is 0 Å². The summed E-state index contributed by atoms with van der Waals surface area (Å²) < 4.78 is 34.2. The quantitative estimate of drug-likeness (QED) is 0.0199. The molecule has 3 aliphatic rings. The third-order valence-electron chi connectivity index (χ3n) is 16.0. The average molecular weight is 1320 g/mol. The van der Waals surface area contributed by atoms with E-state index in [9.17, 15) is 61.0 Å². The summed E-state index contributed by atoms with van der Waals surface area (Å²) in [5.41, 5.74) is 0. The number of ether oxygens (including phenoxy) is 6. The van der Waals surface area contributed by atoms with Crippen molar-refractivity contribution >= 4 is 5.91 Å². The van der Waals surface area contributed by atoms with Gasteiger partial charge in [-0.2, -0.15) is 0 Å². The smallest absolute Gasteiger partial charge is 0.220 e. The van der Waals surface area contributed by atoms with Gasteiger partial charge in [-0.05, 0) is 122 Å². The van der Waals surface area contributed by atoms with Crippen LogP contribution in [0.4, 0.5) is 0 Å². The van der Waals surface area contributed by atoms with Gasteiger partial charge >= 0.3 is 0 Å². The zero-order valence-electron chi connectivity index (χ0n) is 56.1. The van der Waals surface area contributed by atoms with Gasteiger partial charge in [-0.25, -0.2) is 0 Å². The van der Waals surface area contributed by atoms with Crippen molar-refractivity contribution in [3.8, 4) is 0 Å². The van der Waals surface area contributed by atoms with Gasteiger partial charge < -0.3 is 89.9 Å². The lowest BCUT2D eigenvalue weighted by Crippen LogP contribution is -2.66. The van der Waals surface area contributed by atoms with Crippen molar-refractivity contribution in [3.63, 3.8) is 0 Å². The van der Waals surface area contributed by atoms with Crippen LogP contribution in [0.15, 0.2) is 158 Å². The van der Waals surface area contributed by atoms with Gasteiger partial charge in [0.1, 0.15) is 73.2 Å². The SMILES string of the molecule is CC/C=C\C/C=C\C/C=C\C/C=C\C/C=C\C/C=C\C/C=C\C/C=C\C/C=C\C/C=C\CCCCCCC(=O)NC(COC1OC(CO)C(OC2OC(CO)C(OC3OC(CO)C(O)C(O)C3O)C(O)C2O)C(O)C1O)C(O)/C=C/CC/C=C/CC/C=C/CCCCCC. The number of hydrogen-bond acceptors (Lipinski definition) is 18. The Morgan fingerprint density at radius 2 is 0.745 bits per heavy atom. The van der Waals surface area contributed by atoms with Crippen LogP contribution < -0.4 is 5.32 Å². The Labute approximate surface area is 561 Å². The molecule has 12 N–H and O–H groups in total. The lowest BCUT2D eigenvalue weighted by Gasteiger charge is -2.48. The highest BCUT2D eigenvalue weighted by molar-refractivity contribution is 5.76. The van der Waals surface area contributed by atoms with Crippen LogP contribution >= 0.6 is 0 Å². The van der Waals surface area contributed by atoms with Gasteiger partial charge in [-0.3, -0.25) is 4.79 Å². The molecular formula is C75H119NO18. The fraction of sp³-hybridized carbons (Fsp3) is 0.640. The minimum atomic E-state index is -1.99. The summed E-state index contributed by atoms with van der Waals surface area (Å²) in [5, 5.41) is 120. The molecule has 17 unspecified atom stereocenters. The van der Waals surface area contributed by atoms with E-state index in [1.807, 2.05) is 6.08 Å². The first kappa shape index (κ1) is 83.6. The maximum atomic E-state index is 13.4. The lowest BCUT2D eigenvalue weighted by molar-refractivity contribution is -0.379. The van der Waals surface area contributed by atoms with Crippen molar-refractivity contribution in [2.75, 3.05) is 26.4 Å². The van der Waals surface area contributed by atoms with Crippen LogP contribution in [-0.2, 0) is 33.2 Å². The number of hydrogen-bond donors (Lipinski definition) is 12. The largest absolute Gasteiger partial charge is 0.394 e. The van der Waals surface area contributed by atoms with E-state index in [2.05, 4.69) is 165 Å². The number of carbonyl (C=O) groups excluding carboxylic acids is 1. The summed E-state index contributed by atoms with van der Waals surface area (Å²) in [6.45, 7) is 1.50. The van der Waals surface area contributed by atoms with E-state index in [1.54, 1.807) is 6.08 Å². The standard InChI is InChI=1S/C75H119NO18/c1-3-5-7-9-11-13-15-17-19-20-21-22-23-24-25-26-27-28-29-30-31-32-33-34-35-36-37-38-39-41-43-45-47-49-51-53-63(81)76-58(59(80)52-50-48-46-44-42-40-18-16-14-12-10-8-6-4-2)57-89-73-69(87)66(84)71(61(55-78)91-73)94-75-70(88)67(85)72(62(56-79)92-75)93-74-68(86)65(83)64(82)60(54-77)90-74/h5,7,11,13-14,16-17,19,21-22,24-25,27-28,30-31,33-34,36-37,39,41-42,44,50,52,58-62,64-75,77-80,82-88H,3-4,6,8-10,12,15,18,20,23,26,29,32,35,38,40,43,45-49,51,53-57H2,1-2H3,(H,76,81)/b7-5-,13-11-,16-14+,19-17-,22-21-,25-24-,28-27-,31-30-,34-33-,37-36-,41-39-,44-42+,52-50+. The number of rotatable bonds is 50. The zero-order valence-corrected chi connectivity index (χ0v) is 56.1. The molecular weight excluding hydrogens is 1200 g/mol. The summed E-state index contributed by atoms with van der Waals surface area (Å²) in [6.07, 6.45) is 52.2. The molecule has 3 aliphatic heterocycles. The first-order valence-corrected chi connectivity index (χ1v) is 34.7. The fourth-order valence-electron chi connectivity index (χ4n) is 10.4. The molecule has 532 valence electrons. The molecule has 0 radical (unpaired) electrons. The Bertz CT molecular complexity index is 2320. The number of aliphatic hydroxyl groups excluding tert-OH is 11. The monoisotopic (exact) mass is 1320 g/mol. The normalized spacial score (nSPS) is 28.4. The second-order valence-electron chi connectivity index (χ2n) is 23.9. The van der Waals surface area contributed by atoms with E-state index < -0.39 is 131 Å². The number of allylic oxidation sites excluding steroid dienone is 25. The summed E-state index contributed by atoms with van der Waals surface area (Å²) >= 11 is 0. The Morgan fingerprint density at radius 3 is 1.18 bits per heavy atom. The molecule has 1 amide bonds. The van der Waals surface area contributed by atoms with Crippen molar-refractivity contribution < 1.29 is 89.4 Å². The van der Waals surface area contributed by atoms with Crippen molar-refractivity contribution in [3.05, 3.63) is 158 Å². The predicted molar refractivity (Wildman–Crippen MR) is 369 cm³/mol. The number of nitrogens with one attached hydrogen (secondary N) is 1. The second kappa shape index (κ2) is 54.4. The number of amides is 1. The Hall–Kier alpha value is -4.59. The Morgan fingerprint density at radius 1 is 0.394 bits per heavy atom. The highest BCUT2D eigenvalue weighted by atomic mass is 16.8. The van der Waals surface area contributed by atoms with Crippen molar-refractivity contribution in [1.82, 2.24) is 5.32 Å². The molecule has 3 fully saturated rings. The molecule has 0 aromatic carbocycles. The van der Waals surface area contributed by atoms with Crippen LogP contribution in [0.25, 0.3) is 0 Å². The number of aliphatic hydroxyl groups is 11. The number of unbranched alkanes of at least 4 members (excludes halogenated alkanes) is 10. The van der Waals surface area contributed by atoms with E-state index in [4.69, 9.17) is 28.4 Å². The molecule has 19 nitrogen and oxygen atoms in total. The van der Waals surface area contributed by atoms with Crippen LogP contribution in [0, 0.1) is 0 Å². The van der Waals surface area contributed by atoms with Crippen LogP contribution in [0.2, 0.25) is 0 Å². The minimum Gasteiger partial charge on any atom is -0.394 e. The van der Waals surface area contributed by atoms with Gasteiger partial charge in [0, 0.05) is 6.42 Å². The average Bonchev–Trinajstić information content (AvgIpc) is 0.792. The Kier molecular flexibility index (Phi) is 48.4. The highest BCUT2D eigenvalue weighted by Crippen LogP contribution is 2.33. The second-order valence-corrected chi connectivity index (χ2v) is 23.9. The Balaban J connectivity index is 1.41. The summed E-state index contributed by atoms with van der Waals surface area (Å²) in [7, 11) is 0. The third-order valence-corrected chi connectivity index (χ3v) is 16.0. The molecule has 3 rings (SSSR count). The summed E-state index contributed by atoms with van der Waals surface area (Å²) in [6, 6.07) is -1.02. The van der Waals surface area contributed by atoms with Crippen LogP contribution in [0.5, 0.6) is 0 Å². The lowest BCUT2D eigenvalue weighted by atomic mass is 9.96. The molecule has 0 aromatic rings. The van der Waals surface area contributed by atoms with Crippen molar-refractivity contribution in [2.45, 2.75) is 279 Å². The molecule has 0 bridgehead atoms. The van der Waals surface area contributed by atoms with Gasteiger partial charge in [0.25, 0.3) is 0 Å². The summed E-state index contributed by atoms with van der Waals surface area (Å²) in [5.74, 6) is -0.323. The predicted octanol–water partition coefficient (Wildman–Crippen LogP) is 9.32. The fourth-order valence-corrected chi connectivity index (χ4v) is 10.4. The van der Waals surface area contributed by atoms with E-state index in [-0.39, 0.29) is 12.3 Å². The molecule has 0 aliphatic carbocycles. The van der Waals surface area contributed by atoms with Gasteiger partial charge in [0.15, 0.2) is 18.9 Å². The first-order chi connectivity index (χ1) is 45.8. The molecule has 17 atom stereocenters. The molecule has 94 heavy (non-hydrogen) atoms. The van der Waals surface area contributed by atoms with Crippen LogP contribution in [0.3, 0.4) is 0 Å². The van der Waals surface area contributed by atoms with Gasteiger partial charge in [0.2, 0.25) is 5.91 Å². The van der Waals surface area contributed by atoms with Gasteiger partial charge in [-0.15, -0.1) is 0 Å². The van der Waals surface area contributed by atoms with E-state index >= 15 is 0 Å². The molecule has 0 saturated carbocycles. The molecule has 0 spiro atoms. The first-order valence-electron chi connectivity index (χ1n) is 34.7. The van der Waals surface area contributed by atoms with Crippen LogP contribution in [0.1, 0.15) is 174 Å². The molecule has 0 aromatic heterocycles. The van der Waals surface area contributed by atoms with E-state index in [0.29, 0.717) is 12.8 Å². The van der Waals surface area contributed by atoms with Crippen LogP contribution in [-0.4, -0.2) is 193 Å². The van der Waals surface area contributed by atoms with E-state index in [0.717, 1.165) is 116 Å². The highest BCUT2D eigenvalue weighted by Gasteiger charge is 2.53. The zero-order chi connectivity index (χ0) is 68.2. The van der Waals surface area contributed by atoms with E-state index in [1.165, 1.54) is 25.7 Å². The third kappa shape index (κ3) is 35.6. The topological polar surface area (TPSA) is 307 Å². The van der Waals surface area contributed by atoms with Gasteiger partial charge in [0.05, 0.1) is 38.6 Å².